The summed E-state index contributed by atoms with van der Waals surface area (Å²) in [5.74, 6) is 5.85. The second-order valence-corrected chi connectivity index (χ2v) is 3.80. The van der Waals surface area contributed by atoms with Crippen molar-refractivity contribution >= 4 is 5.95 Å². The molecule has 2 aromatic rings. The van der Waals surface area contributed by atoms with Crippen LogP contribution in [0, 0.1) is 0 Å². The smallest absolute Gasteiger partial charge is 0.323 e. The molecule has 0 aliphatic heterocycles. The number of nitrogens with zero attached hydrogens (tertiary/aromatic N) is 5. The Morgan fingerprint density at radius 2 is 2.15 bits per heavy atom. The molecule has 0 radical (unpaired) electrons. The van der Waals surface area contributed by atoms with Gasteiger partial charge in [-0.2, -0.15) is 20.1 Å². The maximum Gasteiger partial charge on any atom is 0.323 e. The van der Waals surface area contributed by atoms with E-state index in [1.807, 2.05) is 6.92 Å². The van der Waals surface area contributed by atoms with Crippen molar-refractivity contribution in [3.8, 4) is 12.0 Å². The van der Waals surface area contributed by atoms with Crippen molar-refractivity contribution in [2.75, 3.05) is 25.2 Å². The molecule has 0 spiro atoms. The van der Waals surface area contributed by atoms with E-state index >= 15 is 0 Å². The number of hydrogen-bond donors (Lipinski definition) is 2. The molecular weight excluding hydrogens is 262 g/mol. The van der Waals surface area contributed by atoms with Gasteiger partial charge in [-0.1, -0.05) is 6.92 Å². The van der Waals surface area contributed by atoms with Crippen molar-refractivity contribution in [1.82, 2.24) is 24.7 Å². The number of hydrogen-bond acceptors (Lipinski definition) is 8. The van der Waals surface area contributed by atoms with Gasteiger partial charge in [-0.3, -0.25) is 5.43 Å². The van der Waals surface area contributed by atoms with E-state index in [9.17, 15) is 0 Å². The summed E-state index contributed by atoms with van der Waals surface area (Å²) in [5.41, 5.74) is 2.37. The average molecular weight is 279 g/mol. The molecule has 0 unspecified atom stereocenters. The molecule has 108 valence electrons. The molecule has 0 aromatic carbocycles. The Bertz CT molecular complexity index is 517. The van der Waals surface area contributed by atoms with E-state index < -0.39 is 0 Å². The van der Waals surface area contributed by atoms with Gasteiger partial charge in [0.15, 0.2) is 0 Å². The summed E-state index contributed by atoms with van der Waals surface area (Å²) >= 11 is 0. The monoisotopic (exact) mass is 279 g/mol. The van der Waals surface area contributed by atoms with E-state index in [1.165, 1.54) is 4.68 Å². The first kappa shape index (κ1) is 14.2. The molecule has 0 amide bonds. The van der Waals surface area contributed by atoms with E-state index in [0.29, 0.717) is 25.8 Å². The molecule has 0 fully saturated rings. The van der Waals surface area contributed by atoms with E-state index in [1.54, 1.807) is 18.5 Å². The largest absolute Gasteiger partial charge is 0.461 e. The van der Waals surface area contributed by atoms with E-state index in [2.05, 4.69) is 25.5 Å². The standard InChI is InChI=1S/C11H17N7O2/c1-2-6-19-7-8-20-11-15-9(17-12)14-10(16-11)18-5-3-4-13-18/h3-5H,2,6-8,12H2,1H3,(H,14,15,16,17). The highest BCUT2D eigenvalue weighted by Gasteiger charge is 2.08. The molecule has 9 heteroatoms. The first-order valence-corrected chi connectivity index (χ1v) is 6.26. The third-order valence-corrected chi connectivity index (χ3v) is 2.25. The Balaban J connectivity index is 2.03. The molecule has 2 heterocycles. The summed E-state index contributed by atoms with van der Waals surface area (Å²) in [5, 5.41) is 4.04. The van der Waals surface area contributed by atoms with Crippen molar-refractivity contribution in [3.63, 3.8) is 0 Å². The van der Waals surface area contributed by atoms with E-state index in [4.69, 9.17) is 15.3 Å². The fourth-order valence-corrected chi connectivity index (χ4v) is 1.40. The van der Waals surface area contributed by atoms with Gasteiger partial charge in [-0.25, -0.2) is 10.5 Å². The van der Waals surface area contributed by atoms with Crippen molar-refractivity contribution in [2.45, 2.75) is 13.3 Å². The minimum atomic E-state index is 0.165. The van der Waals surface area contributed by atoms with Gasteiger partial charge >= 0.3 is 6.01 Å². The minimum Gasteiger partial charge on any atom is -0.461 e. The van der Waals surface area contributed by atoms with Crippen molar-refractivity contribution < 1.29 is 9.47 Å². The molecule has 3 N–H and O–H groups in total. The molecule has 0 saturated heterocycles. The van der Waals surface area contributed by atoms with Crippen LogP contribution in [-0.2, 0) is 4.74 Å². The summed E-state index contributed by atoms with van der Waals surface area (Å²) in [6, 6.07) is 1.93. The maximum absolute atomic E-state index is 5.41. The molecule has 0 aliphatic rings. The second kappa shape index (κ2) is 7.36. The van der Waals surface area contributed by atoms with Crippen LogP contribution in [0.1, 0.15) is 13.3 Å². The van der Waals surface area contributed by atoms with Gasteiger partial charge in [0, 0.05) is 19.0 Å². The van der Waals surface area contributed by atoms with Crippen LogP contribution in [0.4, 0.5) is 5.95 Å². The predicted molar refractivity (Wildman–Crippen MR) is 71.4 cm³/mol. The summed E-state index contributed by atoms with van der Waals surface area (Å²) in [6.45, 7) is 3.58. The highest BCUT2D eigenvalue weighted by atomic mass is 16.5. The number of nitrogens with one attached hydrogen (secondary N) is 1. The van der Waals surface area contributed by atoms with Crippen molar-refractivity contribution in [1.29, 1.82) is 0 Å². The van der Waals surface area contributed by atoms with Crippen molar-refractivity contribution in [3.05, 3.63) is 18.5 Å². The summed E-state index contributed by atoms with van der Waals surface area (Å²) in [6.07, 6.45) is 4.30. The molecule has 0 saturated carbocycles. The lowest BCUT2D eigenvalue weighted by Gasteiger charge is -2.08. The molecule has 0 atom stereocenters. The molecule has 0 aliphatic carbocycles. The minimum absolute atomic E-state index is 0.165. The highest BCUT2D eigenvalue weighted by Crippen LogP contribution is 2.09. The van der Waals surface area contributed by atoms with Crippen LogP contribution in [0.3, 0.4) is 0 Å². The van der Waals surface area contributed by atoms with Crippen LogP contribution >= 0.6 is 0 Å². The van der Waals surface area contributed by atoms with Crippen LogP contribution in [0.15, 0.2) is 18.5 Å². The van der Waals surface area contributed by atoms with Gasteiger partial charge in [0.25, 0.3) is 5.95 Å². The zero-order valence-corrected chi connectivity index (χ0v) is 11.2. The van der Waals surface area contributed by atoms with Crippen LogP contribution in [0.2, 0.25) is 0 Å². The number of rotatable bonds is 8. The third-order valence-electron chi connectivity index (χ3n) is 2.25. The number of hydrazine groups is 1. The first-order chi connectivity index (χ1) is 9.83. The lowest BCUT2D eigenvalue weighted by atomic mass is 10.5. The zero-order chi connectivity index (χ0) is 14.2. The number of aromatic nitrogens is 5. The van der Waals surface area contributed by atoms with Gasteiger partial charge in [0.2, 0.25) is 5.95 Å². The van der Waals surface area contributed by atoms with Crippen LogP contribution in [0.5, 0.6) is 6.01 Å². The van der Waals surface area contributed by atoms with Crippen LogP contribution in [-0.4, -0.2) is 44.6 Å². The zero-order valence-electron chi connectivity index (χ0n) is 11.2. The number of ether oxygens (including phenoxy) is 2. The molecule has 20 heavy (non-hydrogen) atoms. The summed E-state index contributed by atoms with van der Waals surface area (Å²) < 4.78 is 12.2. The third kappa shape index (κ3) is 3.87. The lowest BCUT2D eigenvalue weighted by molar-refractivity contribution is 0.0971. The highest BCUT2D eigenvalue weighted by molar-refractivity contribution is 5.28. The average Bonchev–Trinajstić information content (AvgIpc) is 3.01. The normalized spacial score (nSPS) is 10.5. The first-order valence-electron chi connectivity index (χ1n) is 6.26. The van der Waals surface area contributed by atoms with Gasteiger partial charge in [-0.15, -0.1) is 0 Å². The van der Waals surface area contributed by atoms with E-state index in [-0.39, 0.29) is 12.0 Å². The quantitative estimate of drug-likeness (QED) is 0.399. The Labute approximate surface area is 116 Å². The molecule has 0 bridgehead atoms. The Morgan fingerprint density at radius 3 is 2.85 bits per heavy atom. The molecule has 2 rings (SSSR count). The van der Waals surface area contributed by atoms with Gasteiger partial charge < -0.3 is 9.47 Å². The second-order valence-electron chi connectivity index (χ2n) is 3.80. The SMILES string of the molecule is CCCOCCOc1nc(NN)nc(-n2cccn2)n1. The Hall–Kier alpha value is -2.26. The van der Waals surface area contributed by atoms with Crippen LogP contribution in [0.25, 0.3) is 5.95 Å². The lowest BCUT2D eigenvalue weighted by Crippen LogP contribution is -2.16. The van der Waals surface area contributed by atoms with Gasteiger partial charge in [-0.05, 0) is 12.5 Å². The Morgan fingerprint density at radius 1 is 1.25 bits per heavy atom. The summed E-state index contributed by atoms with van der Waals surface area (Å²) in [4.78, 5) is 12.2. The number of nitrogen functional groups attached to an aromatic ring is 1. The summed E-state index contributed by atoms with van der Waals surface area (Å²) in [7, 11) is 0. The van der Waals surface area contributed by atoms with Gasteiger partial charge in [0.1, 0.15) is 6.61 Å². The fraction of sp³-hybridized carbons (Fsp3) is 0.455. The van der Waals surface area contributed by atoms with Crippen LogP contribution < -0.4 is 16.0 Å². The number of anilines is 1. The number of nitrogens with two attached hydrogens (primary N) is 1. The maximum atomic E-state index is 5.41. The van der Waals surface area contributed by atoms with Gasteiger partial charge in [0.05, 0.1) is 6.61 Å². The van der Waals surface area contributed by atoms with E-state index in [0.717, 1.165) is 6.42 Å². The molecule has 9 nitrogen and oxygen atoms in total. The Kier molecular flexibility index (Phi) is 5.21. The fourth-order valence-electron chi connectivity index (χ4n) is 1.40. The predicted octanol–water partition coefficient (Wildman–Crippen LogP) is 0.148. The molecular formula is C11H17N7O2. The molecule has 2 aromatic heterocycles. The topological polar surface area (TPSA) is 113 Å². The van der Waals surface area contributed by atoms with Crippen molar-refractivity contribution in [2.24, 2.45) is 5.84 Å².